The maximum Gasteiger partial charge on any atom is 0.417 e. The summed E-state index contributed by atoms with van der Waals surface area (Å²) in [6, 6.07) is 4.23. The SMILES string of the molecule is CCNCc1ccc(Sc2nnc(C)o2)c(C(F)(F)F)c1. The molecule has 0 aliphatic heterocycles. The van der Waals surface area contributed by atoms with Gasteiger partial charge in [-0.15, -0.1) is 10.2 Å². The minimum Gasteiger partial charge on any atom is -0.416 e. The van der Waals surface area contributed by atoms with Gasteiger partial charge in [0.15, 0.2) is 0 Å². The van der Waals surface area contributed by atoms with Gasteiger partial charge in [-0.2, -0.15) is 13.2 Å². The van der Waals surface area contributed by atoms with Crippen LogP contribution in [0.15, 0.2) is 32.7 Å². The fourth-order valence-electron chi connectivity index (χ4n) is 1.68. The number of aryl methyl sites for hydroxylation is 1. The molecule has 21 heavy (non-hydrogen) atoms. The molecule has 1 N–H and O–H groups in total. The van der Waals surface area contributed by atoms with Crippen LogP contribution in [0.5, 0.6) is 0 Å². The van der Waals surface area contributed by atoms with Gasteiger partial charge in [-0.1, -0.05) is 13.0 Å². The smallest absolute Gasteiger partial charge is 0.416 e. The molecule has 1 aromatic heterocycles. The number of rotatable bonds is 5. The van der Waals surface area contributed by atoms with E-state index in [4.69, 9.17) is 4.42 Å². The van der Waals surface area contributed by atoms with Crippen LogP contribution in [0.3, 0.4) is 0 Å². The van der Waals surface area contributed by atoms with Gasteiger partial charge in [0.05, 0.1) is 5.56 Å². The standard InChI is InChI=1S/C13H14F3N3OS/c1-3-17-7-9-4-5-11(10(6-9)13(14,15)16)21-12-19-18-8(2)20-12/h4-6,17H,3,7H2,1-2H3. The van der Waals surface area contributed by atoms with Crippen LogP contribution >= 0.6 is 11.8 Å². The molecule has 1 aromatic carbocycles. The number of hydrogen-bond acceptors (Lipinski definition) is 5. The Bertz CT molecular complexity index is 613. The van der Waals surface area contributed by atoms with Gasteiger partial charge >= 0.3 is 6.18 Å². The van der Waals surface area contributed by atoms with Gasteiger partial charge in [-0.3, -0.25) is 0 Å². The number of halogens is 3. The Hall–Kier alpha value is -1.54. The molecule has 2 rings (SSSR count). The van der Waals surface area contributed by atoms with Gasteiger partial charge in [0.25, 0.3) is 5.22 Å². The van der Waals surface area contributed by atoms with E-state index in [2.05, 4.69) is 15.5 Å². The van der Waals surface area contributed by atoms with Crippen molar-refractivity contribution < 1.29 is 17.6 Å². The fraction of sp³-hybridized carbons (Fsp3) is 0.385. The molecule has 2 aromatic rings. The van der Waals surface area contributed by atoms with E-state index in [9.17, 15) is 13.2 Å². The molecular formula is C13H14F3N3OS. The van der Waals surface area contributed by atoms with Crippen LogP contribution < -0.4 is 5.32 Å². The number of alkyl halides is 3. The monoisotopic (exact) mass is 317 g/mol. The summed E-state index contributed by atoms with van der Waals surface area (Å²) < 4.78 is 44.6. The van der Waals surface area contributed by atoms with Crippen molar-refractivity contribution in [3.63, 3.8) is 0 Å². The van der Waals surface area contributed by atoms with Gasteiger partial charge in [0, 0.05) is 18.4 Å². The summed E-state index contributed by atoms with van der Waals surface area (Å²) in [7, 11) is 0. The van der Waals surface area contributed by atoms with E-state index in [0.717, 1.165) is 17.8 Å². The van der Waals surface area contributed by atoms with E-state index in [1.165, 1.54) is 6.07 Å². The van der Waals surface area contributed by atoms with E-state index in [1.54, 1.807) is 13.0 Å². The highest BCUT2D eigenvalue weighted by atomic mass is 32.2. The number of nitrogens with zero attached hydrogens (tertiary/aromatic N) is 2. The first kappa shape index (κ1) is 15.8. The average molecular weight is 317 g/mol. The highest BCUT2D eigenvalue weighted by Gasteiger charge is 2.34. The maximum atomic E-state index is 13.2. The molecule has 0 radical (unpaired) electrons. The molecule has 0 fully saturated rings. The first-order chi connectivity index (χ1) is 9.90. The zero-order valence-corrected chi connectivity index (χ0v) is 12.3. The first-order valence-electron chi connectivity index (χ1n) is 6.29. The zero-order chi connectivity index (χ0) is 15.5. The van der Waals surface area contributed by atoms with Crippen molar-refractivity contribution in [3.8, 4) is 0 Å². The van der Waals surface area contributed by atoms with Crippen LogP contribution in [0.25, 0.3) is 0 Å². The van der Waals surface area contributed by atoms with Crippen LogP contribution in [-0.2, 0) is 12.7 Å². The molecule has 0 aliphatic carbocycles. The Kier molecular flexibility index (Phi) is 4.89. The molecule has 0 saturated heterocycles. The minimum absolute atomic E-state index is 0.0476. The van der Waals surface area contributed by atoms with Crippen LogP contribution in [0.4, 0.5) is 13.2 Å². The zero-order valence-electron chi connectivity index (χ0n) is 11.5. The van der Waals surface area contributed by atoms with Crippen molar-refractivity contribution in [1.29, 1.82) is 0 Å². The quantitative estimate of drug-likeness (QED) is 0.912. The minimum atomic E-state index is -4.43. The highest BCUT2D eigenvalue weighted by Crippen LogP contribution is 2.39. The lowest BCUT2D eigenvalue weighted by Gasteiger charge is -2.13. The largest absolute Gasteiger partial charge is 0.417 e. The number of benzene rings is 1. The predicted molar refractivity (Wildman–Crippen MR) is 72.0 cm³/mol. The molecule has 0 saturated carbocycles. The van der Waals surface area contributed by atoms with Gasteiger partial charge in [0.1, 0.15) is 0 Å². The fourth-order valence-corrected chi connectivity index (χ4v) is 2.53. The molecule has 8 heteroatoms. The second kappa shape index (κ2) is 6.48. The molecule has 114 valence electrons. The van der Waals surface area contributed by atoms with E-state index >= 15 is 0 Å². The Morgan fingerprint density at radius 3 is 2.62 bits per heavy atom. The van der Waals surface area contributed by atoms with Gasteiger partial charge in [-0.25, -0.2) is 0 Å². The molecule has 0 atom stereocenters. The third-order valence-electron chi connectivity index (χ3n) is 2.63. The summed E-state index contributed by atoms with van der Waals surface area (Å²) in [6.45, 7) is 4.57. The van der Waals surface area contributed by atoms with E-state index < -0.39 is 11.7 Å². The molecule has 4 nitrogen and oxygen atoms in total. The number of nitrogens with one attached hydrogen (secondary N) is 1. The summed E-state index contributed by atoms with van der Waals surface area (Å²) >= 11 is 0.814. The van der Waals surface area contributed by atoms with Gasteiger partial charge < -0.3 is 9.73 Å². The van der Waals surface area contributed by atoms with E-state index in [-0.39, 0.29) is 10.1 Å². The summed E-state index contributed by atoms with van der Waals surface area (Å²) in [6.07, 6.45) is -4.43. The van der Waals surface area contributed by atoms with Crippen LogP contribution in [0, 0.1) is 6.92 Å². The summed E-state index contributed by atoms with van der Waals surface area (Å²) in [5.74, 6) is 0.315. The van der Waals surface area contributed by atoms with Crippen molar-refractivity contribution in [2.75, 3.05) is 6.54 Å². The lowest BCUT2D eigenvalue weighted by Crippen LogP contribution is -2.13. The summed E-state index contributed by atoms with van der Waals surface area (Å²) in [5.41, 5.74) is -0.117. The van der Waals surface area contributed by atoms with Gasteiger partial charge in [0.2, 0.25) is 5.89 Å². The topological polar surface area (TPSA) is 51.0 Å². The Balaban J connectivity index is 2.31. The molecule has 0 aliphatic rings. The first-order valence-corrected chi connectivity index (χ1v) is 7.10. The number of hydrogen-bond donors (Lipinski definition) is 1. The van der Waals surface area contributed by atoms with Crippen LogP contribution in [-0.4, -0.2) is 16.7 Å². The van der Waals surface area contributed by atoms with Crippen molar-refractivity contribution in [1.82, 2.24) is 15.5 Å². The Labute approximate surface area is 124 Å². The third kappa shape index (κ3) is 4.21. The van der Waals surface area contributed by atoms with Crippen molar-refractivity contribution in [2.45, 2.75) is 36.7 Å². The van der Waals surface area contributed by atoms with E-state index in [1.807, 2.05) is 6.92 Å². The Morgan fingerprint density at radius 2 is 2.05 bits per heavy atom. The molecule has 0 bridgehead atoms. The normalized spacial score (nSPS) is 11.9. The molecule has 0 spiro atoms. The van der Waals surface area contributed by atoms with Crippen molar-refractivity contribution in [2.24, 2.45) is 0 Å². The van der Waals surface area contributed by atoms with Crippen LogP contribution in [0.2, 0.25) is 0 Å². The lowest BCUT2D eigenvalue weighted by molar-refractivity contribution is -0.139. The van der Waals surface area contributed by atoms with E-state index in [0.29, 0.717) is 24.5 Å². The van der Waals surface area contributed by atoms with Crippen molar-refractivity contribution >= 4 is 11.8 Å². The predicted octanol–water partition coefficient (Wildman–Crippen LogP) is 3.66. The molecule has 0 unspecified atom stereocenters. The number of aromatic nitrogens is 2. The maximum absolute atomic E-state index is 13.2. The summed E-state index contributed by atoms with van der Waals surface area (Å²) in [4.78, 5) is 0.0476. The highest BCUT2D eigenvalue weighted by molar-refractivity contribution is 7.99. The summed E-state index contributed by atoms with van der Waals surface area (Å²) in [5, 5.41) is 10.4. The Morgan fingerprint density at radius 1 is 1.29 bits per heavy atom. The third-order valence-corrected chi connectivity index (χ3v) is 3.55. The van der Waals surface area contributed by atoms with Crippen LogP contribution in [0.1, 0.15) is 23.9 Å². The molecule has 0 amide bonds. The second-order valence-corrected chi connectivity index (χ2v) is 5.29. The lowest BCUT2D eigenvalue weighted by atomic mass is 10.1. The molecule has 1 heterocycles. The van der Waals surface area contributed by atoms with Gasteiger partial charge in [-0.05, 0) is 36.0 Å². The average Bonchev–Trinajstić information content (AvgIpc) is 2.82. The van der Waals surface area contributed by atoms with Crippen molar-refractivity contribution in [3.05, 3.63) is 35.2 Å². The molecular weight excluding hydrogens is 303 g/mol. The second-order valence-electron chi connectivity index (χ2n) is 4.30.